The van der Waals surface area contributed by atoms with E-state index in [4.69, 9.17) is 0 Å². The molecule has 1 aliphatic heterocycles. The molecule has 0 aliphatic carbocycles. The van der Waals surface area contributed by atoms with Crippen LogP contribution in [0.5, 0.6) is 0 Å². The largest absolute Gasteiger partial charge is 0.354 e. The maximum absolute atomic E-state index is 13.6. The third-order valence-electron chi connectivity index (χ3n) is 4.99. The molecule has 1 heterocycles. The molecule has 30 heavy (non-hydrogen) atoms. The predicted molar refractivity (Wildman–Crippen MR) is 114 cm³/mol. The van der Waals surface area contributed by atoms with E-state index >= 15 is 0 Å². The Balaban J connectivity index is 1.48. The van der Waals surface area contributed by atoms with Crippen LogP contribution in [0.4, 0.5) is 9.18 Å². The van der Waals surface area contributed by atoms with Gasteiger partial charge in [-0.2, -0.15) is 11.8 Å². The van der Waals surface area contributed by atoms with Gasteiger partial charge in [0.2, 0.25) is 5.91 Å². The quantitative estimate of drug-likeness (QED) is 0.500. The molecular weight excluding hydrogens is 405 g/mol. The average Bonchev–Trinajstić information content (AvgIpc) is 2.93. The van der Waals surface area contributed by atoms with Gasteiger partial charge in [-0.25, -0.2) is 9.18 Å². The fourth-order valence-electron chi connectivity index (χ4n) is 3.18. The molecule has 0 radical (unpaired) electrons. The van der Waals surface area contributed by atoms with Gasteiger partial charge in [0.25, 0.3) is 5.91 Å². The van der Waals surface area contributed by atoms with Gasteiger partial charge in [-0.1, -0.05) is 48.0 Å². The first-order chi connectivity index (χ1) is 14.3. The summed E-state index contributed by atoms with van der Waals surface area (Å²) in [5.74, 6) is -0.0334. The maximum Gasteiger partial charge on any atom is 0.325 e. The van der Waals surface area contributed by atoms with Crippen LogP contribution in [0.25, 0.3) is 0 Å². The summed E-state index contributed by atoms with van der Waals surface area (Å²) in [4.78, 5) is 38.3. The summed E-state index contributed by atoms with van der Waals surface area (Å²) < 4.78 is 13.6. The lowest BCUT2D eigenvalue weighted by molar-refractivity contribution is -0.134. The van der Waals surface area contributed by atoms with E-state index in [2.05, 4.69) is 10.6 Å². The van der Waals surface area contributed by atoms with Crippen molar-refractivity contribution in [3.05, 3.63) is 71.0 Å². The van der Waals surface area contributed by atoms with E-state index in [1.54, 1.807) is 37.3 Å². The topological polar surface area (TPSA) is 78.5 Å². The van der Waals surface area contributed by atoms with Crippen molar-refractivity contribution in [3.63, 3.8) is 0 Å². The summed E-state index contributed by atoms with van der Waals surface area (Å²) in [5, 5.41) is 5.39. The molecule has 0 saturated carbocycles. The van der Waals surface area contributed by atoms with Crippen LogP contribution in [-0.4, -0.2) is 41.6 Å². The molecule has 3 rings (SSSR count). The summed E-state index contributed by atoms with van der Waals surface area (Å²) in [6, 6.07) is 13.3. The Labute approximate surface area is 179 Å². The fourth-order valence-corrected chi connectivity index (χ4v) is 4.03. The molecule has 6 nitrogen and oxygen atoms in total. The number of benzene rings is 2. The Morgan fingerprint density at radius 3 is 2.57 bits per heavy atom. The Bertz CT molecular complexity index is 951. The van der Waals surface area contributed by atoms with E-state index in [1.165, 1.54) is 17.8 Å². The van der Waals surface area contributed by atoms with Gasteiger partial charge in [0.15, 0.2) is 0 Å². The number of amides is 4. The summed E-state index contributed by atoms with van der Waals surface area (Å²) in [5.41, 5.74) is 1.13. The minimum absolute atomic E-state index is 0.246. The highest BCUT2D eigenvalue weighted by Gasteiger charge is 2.49. The second kappa shape index (κ2) is 9.30. The van der Waals surface area contributed by atoms with Crippen molar-refractivity contribution in [2.24, 2.45) is 0 Å². The highest BCUT2D eigenvalue weighted by atomic mass is 32.2. The van der Waals surface area contributed by atoms with Gasteiger partial charge in [0.1, 0.15) is 17.9 Å². The minimum Gasteiger partial charge on any atom is -0.354 e. The molecule has 0 bridgehead atoms. The number of nitrogens with one attached hydrogen (secondary N) is 2. The zero-order valence-electron chi connectivity index (χ0n) is 16.9. The van der Waals surface area contributed by atoms with Crippen LogP contribution >= 0.6 is 11.8 Å². The molecule has 2 aromatic rings. The number of carbonyl (C=O) groups excluding carboxylic acids is 3. The average molecular weight is 430 g/mol. The summed E-state index contributed by atoms with van der Waals surface area (Å²) in [7, 11) is 0. The number of hydrogen-bond acceptors (Lipinski definition) is 4. The van der Waals surface area contributed by atoms with E-state index in [1.807, 2.05) is 19.1 Å². The lowest BCUT2D eigenvalue weighted by atomic mass is 9.91. The number of hydrogen-bond donors (Lipinski definition) is 2. The van der Waals surface area contributed by atoms with Crippen molar-refractivity contribution in [1.82, 2.24) is 15.5 Å². The Kier molecular flexibility index (Phi) is 6.77. The highest BCUT2D eigenvalue weighted by molar-refractivity contribution is 7.98. The summed E-state index contributed by atoms with van der Waals surface area (Å²) in [6.45, 7) is 3.59. The predicted octanol–water partition coefficient (Wildman–Crippen LogP) is 2.95. The first-order valence-electron chi connectivity index (χ1n) is 9.60. The van der Waals surface area contributed by atoms with Crippen molar-refractivity contribution in [2.75, 3.05) is 18.8 Å². The number of rotatable bonds is 8. The van der Waals surface area contributed by atoms with Gasteiger partial charge in [0.05, 0.1) is 0 Å². The van der Waals surface area contributed by atoms with Gasteiger partial charge in [-0.3, -0.25) is 14.5 Å². The molecule has 4 amide bonds. The van der Waals surface area contributed by atoms with E-state index in [-0.39, 0.29) is 12.4 Å². The minimum atomic E-state index is -1.19. The normalized spacial score (nSPS) is 18.4. The van der Waals surface area contributed by atoms with Crippen molar-refractivity contribution < 1.29 is 18.8 Å². The van der Waals surface area contributed by atoms with Crippen LogP contribution in [0, 0.1) is 12.7 Å². The Morgan fingerprint density at radius 2 is 1.87 bits per heavy atom. The molecule has 1 atom stereocenters. The van der Waals surface area contributed by atoms with Crippen LogP contribution < -0.4 is 10.6 Å². The molecule has 1 unspecified atom stereocenters. The first kappa shape index (κ1) is 21.8. The van der Waals surface area contributed by atoms with Crippen LogP contribution in [0.15, 0.2) is 48.5 Å². The molecular formula is C22H24FN3O3S. The lowest BCUT2D eigenvalue weighted by Gasteiger charge is -2.22. The third kappa shape index (κ3) is 4.81. The molecule has 1 aliphatic rings. The number of thioether (sulfide) groups is 1. The van der Waals surface area contributed by atoms with E-state index in [9.17, 15) is 18.8 Å². The van der Waals surface area contributed by atoms with Crippen LogP contribution in [0.2, 0.25) is 0 Å². The van der Waals surface area contributed by atoms with E-state index < -0.39 is 23.4 Å². The van der Waals surface area contributed by atoms with Crippen LogP contribution in [0.1, 0.15) is 23.6 Å². The van der Waals surface area contributed by atoms with Crippen molar-refractivity contribution in [2.45, 2.75) is 25.1 Å². The van der Waals surface area contributed by atoms with Gasteiger partial charge in [-0.05, 0) is 31.0 Å². The molecule has 0 aromatic heterocycles. The standard InChI is InChI=1S/C22H24FN3O3S/c1-15-7-9-17(10-8-15)22(2)20(28)26(21(29)25-22)13-19(27)24-11-12-30-14-16-5-3-4-6-18(16)23/h3-10H,11-14H2,1-2H3,(H,24,27)(H,25,29). The monoisotopic (exact) mass is 429 g/mol. The molecule has 158 valence electrons. The Hall–Kier alpha value is -2.87. The SMILES string of the molecule is Cc1ccc(C2(C)NC(=O)N(CC(=O)NCCSCc3ccccc3F)C2=O)cc1. The van der Waals surface area contributed by atoms with E-state index in [0.29, 0.717) is 29.2 Å². The van der Waals surface area contributed by atoms with Gasteiger partial charge in [0, 0.05) is 18.1 Å². The number of urea groups is 1. The molecule has 2 N–H and O–H groups in total. The number of imide groups is 1. The summed E-state index contributed by atoms with van der Waals surface area (Å²) >= 11 is 1.49. The zero-order valence-corrected chi connectivity index (χ0v) is 17.7. The number of aryl methyl sites for hydroxylation is 1. The lowest BCUT2D eigenvalue weighted by Crippen LogP contribution is -2.43. The van der Waals surface area contributed by atoms with Gasteiger partial charge < -0.3 is 10.6 Å². The second-order valence-corrected chi connectivity index (χ2v) is 8.41. The maximum atomic E-state index is 13.6. The first-order valence-corrected chi connectivity index (χ1v) is 10.8. The molecule has 8 heteroatoms. The van der Waals surface area contributed by atoms with Crippen molar-refractivity contribution in [3.8, 4) is 0 Å². The van der Waals surface area contributed by atoms with E-state index in [0.717, 1.165) is 10.5 Å². The second-order valence-electron chi connectivity index (χ2n) is 7.31. The molecule has 2 aromatic carbocycles. The van der Waals surface area contributed by atoms with Crippen molar-refractivity contribution in [1.29, 1.82) is 0 Å². The van der Waals surface area contributed by atoms with Gasteiger partial charge >= 0.3 is 6.03 Å². The molecule has 1 fully saturated rings. The molecule has 1 saturated heterocycles. The highest BCUT2D eigenvalue weighted by Crippen LogP contribution is 2.28. The summed E-state index contributed by atoms with van der Waals surface area (Å²) in [6.07, 6.45) is 0. The number of halogens is 1. The van der Waals surface area contributed by atoms with Crippen LogP contribution in [-0.2, 0) is 20.9 Å². The Morgan fingerprint density at radius 1 is 1.17 bits per heavy atom. The zero-order chi connectivity index (χ0) is 21.7. The fraction of sp³-hybridized carbons (Fsp3) is 0.318. The third-order valence-corrected chi connectivity index (χ3v) is 6.00. The molecule has 0 spiro atoms. The number of carbonyl (C=O) groups is 3. The van der Waals surface area contributed by atoms with Crippen molar-refractivity contribution >= 4 is 29.6 Å². The van der Waals surface area contributed by atoms with Gasteiger partial charge in [-0.15, -0.1) is 0 Å². The smallest absolute Gasteiger partial charge is 0.325 e. The van der Waals surface area contributed by atoms with Crippen LogP contribution in [0.3, 0.4) is 0 Å². The number of nitrogens with zero attached hydrogens (tertiary/aromatic N) is 1.